The average molecular weight is 177 g/mol. The van der Waals surface area contributed by atoms with Crippen molar-refractivity contribution in [2.45, 2.75) is 32.6 Å². The minimum Gasteiger partial charge on any atom is -0.300 e. The summed E-state index contributed by atoms with van der Waals surface area (Å²) >= 11 is 0. The van der Waals surface area contributed by atoms with E-state index < -0.39 is 0 Å². The fourth-order valence-corrected chi connectivity index (χ4v) is 1.19. The van der Waals surface area contributed by atoms with Gasteiger partial charge in [0.15, 0.2) is 0 Å². The summed E-state index contributed by atoms with van der Waals surface area (Å²) in [6.07, 6.45) is 4.96. The number of Topliss-reactive ketones (excluding diaryl/α,β-unsaturated/α-hetero) is 1. The molecule has 0 spiro atoms. The average Bonchev–Trinajstić information content (AvgIpc) is 2.19. The van der Waals surface area contributed by atoms with Crippen LogP contribution in [0.25, 0.3) is 0 Å². The van der Waals surface area contributed by atoms with Crippen LogP contribution < -0.4 is 0 Å². The molecule has 2 nitrogen and oxygen atoms in total. The molecule has 1 aromatic heterocycles. The molecule has 0 bridgehead atoms. The molecule has 0 aliphatic heterocycles. The van der Waals surface area contributed by atoms with Crippen molar-refractivity contribution >= 4 is 5.78 Å². The Labute approximate surface area is 79.0 Å². The quantitative estimate of drug-likeness (QED) is 0.691. The Morgan fingerprint density at radius 2 is 2.31 bits per heavy atom. The second kappa shape index (κ2) is 5.46. The van der Waals surface area contributed by atoms with Crippen molar-refractivity contribution in [3.05, 3.63) is 30.1 Å². The lowest BCUT2D eigenvalue weighted by Crippen LogP contribution is -1.97. The third-order valence-electron chi connectivity index (χ3n) is 2.01. The van der Waals surface area contributed by atoms with Crippen molar-refractivity contribution < 1.29 is 4.79 Å². The molecule has 1 aromatic rings. The van der Waals surface area contributed by atoms with Gasteiger partial charge in [0.05, 0.1) is 0 Å². The summed E-state index contributed by atoms with van der Waals surface area (Å²) in [5.74, 6) is 0.343. The van der Waals surface area contributed by atoms with Gasteiger partial charge >= 0.3 is 0 Å². The van der Waals surface area contributed by atoms with Crippen LogP contribution in [-0.4, -0.2) is 10.8 Å². The van der Waals surface area contributed by atoms with Crippen LogP contribution in [0.3, 0.4) is 0 Å². The van der Waals surface area contributed by atoms with Gasteiger partial charge in [0.25, 0.3) is 0 Å². The van der Waals surface area contributed by atoms with Crippen molar-refractivity contribution in [3.8, 4) is 0 Å². The molecule has 0 amide bonds. The van der Waals surface area contributed by atoms with Crippen LogP contribution in [0.5, 0.6) is 0 Å². The van der Waals surface area contributed by atoms with Crippen molar-refractivity contribution in [2.75, 3.05) is 0 Å². The molecule has 0 fully saturated rings. The van der Waals surface area contributed by atoms with Gasteiger partial charge in [0, 0.05) is 24.7 Å². The second-order valence-corrected chi connectivity index (χ2v) is 3.07. The summed E-state index contributed by atoms with van der Waals surface area (Å²) in [6.45, 7) is 1.91. The largest absolute Gasteiger partial charge is 0.300 e. The Morgan fingerprint density at radius 3 is 2.92 bits per heavy atom. The molecule has 0 radical (unpaired) electrons. The van der Waals surface area contributed by atoms with Crippen molar-refractivity contribution in [1.82, 2.24) is 4.98 Å². The van der Waals surface area contributed by atoms with Crippen molar-refractivity contribution in [2.24, 2.45) is 0 Å². The smallest absolute Gasteiger partial charge is 0.132 e. The van der Waals surface area contributed by atoms with E-state index in [1.807, 2.05) is 25.1 Å². The zero-order chi connectivity index (χ0) is 9.52. The van der Waals surface area contributed by atoms with Gasteiger partial charge in [-0.15, -0.1) is 0 Å². The first-order valence-corrected chi connectivity index (χ1v) is 4.74. The van der Waals surface area contributed by atoms with Crippen LogP contribution in [0.1, 0.15) is 31.9 Å². The van der Waals surface area contributed by atoms with Gasteiger partial charge in [-0.3, -0.25) is 9.78 Å². The third-order valence-corrected chi connectivity index (χ3v) is 2.01. The molecule has 1 heterocycles. The molecular formula is C11H15NO. The number of aryl methyl sites for hydroxylation is 1. The molecule has 0 aliphatic carbocycles. The lowest BCUT2D eigenvalue weighted by Gasteiger charge is -1.98. The maximum Gasteiger partial charge on any atom is 0.132 e. The number of nitrogens with zero attached hydrogens (tertiary/aromatic N) is 1. The molecule has 0 saturated carbocycles. The molecule has 70 valence electrons. The summed E-state index contributed by atoms with van der Waals surface area (Å²) in [7, 11) is 0. The van der Waals surface area contributed by atoms with Gasteiger partial charge < -0.3 is 0 Å². The molecular weight excluding hydrogens is 162 g/mol. The van der Waals surface area contributed by atoms with Crippen molar-refractivity contribution in [3.63, 3.8) is 0 Å². The standard InChI is InChI=1S/C11H15NO/c1-2-11(13)8-5-7-10-6-3-4-9-12-10/h3-4,6,9H,2,5,7-8H2,1H3. The Bertz CT molecular complexity index is 256. The maximum atomic E-state index is 11.0. The van der Waals surface area contributed by atoms with E-state index in [2.05, 4.69) is 4.98 Å². The summed E-state index contributed by atoms with van der Waals surface area (Å²) in [5, 5.41) is 0. The fraction of sp³-hybridized carbons (Fsp3) is 0.455. The SMILES string of the molecule is CCC(=O)CCCc1ccccn1. The zero-order valence-electron chi connectivity index (χ0n) is 7.99. The van der Waals surface area contributed by atoms with E-state index in [-0.39, 0.29) is 0 Å². The summed E-state index contributed by atoms with van der Waals surface area (Å²) < 4.78 is 0. The number of rotatable bonds is 5. The first-order valence-electron chi connectivity index (χ1n) is 4.74. The zero-order valence-corrected chi connectivity index (χ0v) is 7.99. The highest BCUT2D eigenvalue weighted by Gasteiger charge is 1.98. The highest BCUT2D eigenvalue weighted by molar-refractivity contribution is 5.77. The molecule has 0 aliphatic rings. The van der Waals surface area contributed by atoms with E-state index in [4.69, 9.17) is 0 Å². The van der Waals surface area contributed by atoms with Crippen LogP contribution >= 0.6 is 0 Å². The van der Waals surface area contributed by atoms with E-state index in [1.54, 1.807) is 6.20 Å². The number of carbonyl (C=O) groups is 1. The molecule has 0 atom stereocenters. The lowest BCUT2D eigenvalue weighted by molar-refractivity contribution is -0.118. The second-order valence-electron chi connectivity index (χ2n) is 3.07. The monoisotopic (exact) mass is 177 g/mol. The molecule has 1 rings (SSSR count). The van der Waals surface area contributed by atoms with Gasteiger partial charge in [0.2, 0.25) is 0 Å². The number of hydrogen-bond donors (Lipinski definition) is 0. The number of hydrogen-bond acceptors (Lipinski definition) is 2. The Hall–Kier alpha value is -1.18. The number of ketones is 1. The predicted octanol–water partition coefficient (Wildman–Crippen LogP) is 2.38. The number of carbonyl (C=O) groups excluding carboxylic acids is 1. The molecule has 13 heavy (non-hydrogen) atoms. The van der Waals surface area contributed by atoms with E-state index >= 15 is 0 Å². The molecule has 2 heteroatoms. The highest BCUT2D eigenvalue weighted by Crippen LogP contribution is 2.02. The Morgan fingerprint density at radius 1 is 1.46 bits per heavy atom. The summed E-state index contributed by atoms with van der Waals surface area (Å²) in [6, 6.07) is 5.88. The van der Waals surface area contributed by atoms with Crippen LogP contribution in [0, 0.1) is 0 Å². The Balaban J connectivity index is 2.24. The van der Waals surface area contributed by atoms with Crippen LogP contribution in [0.4, 0.5) is 0 Å². The lowest BCUT2D eigenvalue weighted by atomic mass is 10.1. The Kier molecular flexibility index (Phi) is 4.16. The van der Waals surface area contributed by atoms with Gasteiger partial charge in [-0.05, 0) is 25.0 Å². The fourth-order valence-electron chi connectivity index (χ4n) is 1.19. The van der Waals surface area contributed by atoms with E-state index in [0.29, 0.717) is 18.6 Å². The van der Waals surface area contributed by atoms with Crippen molar-refractivity contribution in [1.29, 1.82) is 0 Å². The van der Waals surface area contributed by atoms with Gasteiger partial charge in [0.1, 0.15) is 5.78 Å². The van der Waals surface area contributed by atoms with E-state index in [9.17, 15) is 4.79 Å². The number of pyridine rings is 1. The maximum absolute atomic E-state index is 11.0. The van der Waals surface area contributed by atoms with Gasteiger partial charge in [-0.1, -0.05) is 13.0 Å². The normalized spacial score (nSPS) is 9.92. The van der Waals surface area contributed by atoms with Crippen LogP contribution in [0.2, 0.25) is 0 Å². The summed E-state index contributed by atoms with van der Waals surface area (Å²) in [5.41, 5.74) is 1.08. The van der Waals surface area contributed by atoms with Crippen LogP contribution in [0.15, 0.2) is 24.4 Å². The first kappa shape index (κ1) is 9.90. The van der Waals surface area contributed by atoms with E-state index in [1.165, 1.54) is 0 Å². The molecule has 0 unspecified atom stereocenters. The number of aromatic nitrogens is 1. The van der Waals surface area contributed by atoms with Crippen LogP contribution in [-0.2, 0) is 11.2 Å². The molecule has 0 N–H and O–H groups in total. The molecule has 0 aromatic carbocycles. The van der Waals surface area contributed by atoms with Gasteiger partial charge in [-0.25, -0.2) is 0 Å². The minimum absolute atomic E-state index is 0.343. The van der Waals surface area contributed by atoms with E-state index in [0.717, 1.165) is 18.5 Å². The summed E-state index contributed by atoms with van der Waals surface area (Å²) in [4.78, 5) is 15.2. The minimum atomic E-state index is 0.343. The van der Waals surface area contributed by atoms with Gasteiger partial charge in [-0.2, -0.15) is 0 Å². The predicted molar refractivity (Wildman–Crippen MR) is 52.5 cm³/mol. The first-order chi connectivity index (χ1) is 6.33. The topological polar surface area (TPSA) is 30.0 Å². The highest BCUT2D eigenvalue weighted by atomic mass is 16.1. The third kappa shape index (κ3) is 3.83. The molecule has 0 saturated heterocycles.